The van der Waals surface area contributed by atoms with Crippen LogP contribution in [0.5, 0.6) is 5.75 Å². The molecule has 52 heavy (non-hydrogen) atoms. The summed E-state index contributed by atoms with van der Waals surface area (Å²) in [7, 11) is 0. The van der Waals surface area contributed by atoms with Crippen molar-refractivity contribution in [3.63, 3.8) is 0 Å². The lowest BCUT2D eigenvalue weighted by atomic mass is 9.86. The van der Waals surface area contributed by atoms with Gasteiger partial charge in [0, 0.05) is 18.7 Å². The molecule has 3 aromatic rings. The van der Waals surface area contributed by atoms with Crippen LogP contribution in [0.4, 0.5) is 24.5 Å². The molecule has 4 rings (SSSR count). The van der Waals surface area contributed by atoms with Crippen molar-refractivity contribution in [2.24, 2.45) is 11.1 Å². The summed E-state index contributed by atoms with van der Waals surface area (Å²) >= 11 is 5.62. The van der Waals surface area contributed by atoms with Crippen LogP contribution in [0, 0.1) is 16.7 Å². The highest BCUT2D eigenvalue weighted by Gasteiger charge is 2.50. The molecular weight excluding hydrogens is 699 g/mol. The third kappa shape index (κ3) is 9.05. The van der Waals surface area contributed by atoms with Gasteiger partial charge in [-0.1, -0.05) is 45.0 Å². The van der Waals surface area contributed by atoms with E-state index >= 15 is 0 Å². The number of primary amides is 1. The lowest BCUT2D eigenvalue weighted by Gasteiger charge is -2.29. The summed E-state index contributed by atoms with van der Waals surface area (Å²) in [6.45, 7) is 8.38. The van der Waals surface area contributed by atoms with Crippen molar-refractivity contribution in [3.05, 3.63) is 77.9 Å². The van der Waals surface area contributed by atoms with Crippen LogP contribution < -0.4 is 25.6 Å². The van der Waals surface area contributed by atoms with Crippen molar-refractivity contribution in [2.75, 3.05) is 29.6 Å². The zero-order valence-electron chi connectivity index (χ0n) is 29.3. The fourth-order valence-corrected chi connectivity index (χ4v) is 6.11. The molecule has 0 aliphatic carbocycles. The van der Waals surface area contributed by atoms with E-state index in [4.69, 9.17) is 32.7 Å². The second-order valence-corrected chi connectivity index (χ2v) is 14.2. The van der Waals surface area contributed by atoms with Crippen LogP contribution in [0.15, 0.2) is 66.7 Å². The zero-order chi connectivity index (χ0) is 38.6. The second kappa shape index (κ2) is 15.7. The van der Waals surface area contributed by atoms with Gasteiger partial charge < -0.3 is 30.5 Å². The minimum absolute atomic E-state index is 0.00391. The van der Waals surface area contributed by atoms with E-state index in [1.54, 1.807) is 63.8 Å². The first-order valence-corrected chi connectivity index (χ1v) is 16.6. The molecule has 2 atom stereocenters. The molecule has 1 aliphatic rings. The Bertz CT molecular complexity index is 1850. The molecule has 0 spiro atoms. The van der Waals surface area contributed by atoms with Gasteiger partial charge in [-0.2, -0.15) is 18.4 Å². The molecule has 1 fully saturated rings. The number of nitriles is 1. The number of carbonyl (C=O) groups excluding carboxylic acids is 3. The van der Waals surface area contributed by atoms with E-state index in [1.807, 2.05) is 24.3 Å². The monoisotopic (exact) mass is 739 g/mol. The van der Waals surface area contributed by atoms with Gasteiger partial charge in [0.1, 0.15) is 30.5 Å². The molecule has 0 bridgehead atoms. The molecule has 3 aromatic carbocycles. The Hall–Kier alpha value is -5.04. The SMILES string of the molecule is CC(C)(C)C(NC(=O)COCCC(O)COc1ccc(-c2ccc(N3C(=S)N(c4ccc(C#N)c(C(F)(F)F)c4)C(=O)C3(C)C)cc2)cc1)C(N)=O. The highest BCUT2D eigenvalue weighted by molar-refractivity contribution is 7.81. The topological polar surface area (TPSA) is 158 Å². The van der Waals surface area contributed by atoms with Crippen LogP contribution in [0.25, 0.3) is 11.1 Å². The van der Waals surface area contributed by atoms with Gasteiger partial charge in [0.25, 0.3) is 5.91 Å². The number of amides is 3. The van der Waals surface area contributed by atoms with Crippen LogP contribution in [-0.2, 0) is 25.3 Å². The van der Waals surface area contributed by atoms with E-state index in [2.05, 4.69) is 5.32 Å². The van der Waals surface area contributed by atoms with E-state index in [0.29, 0.717) is 11.4 Å². The van der Waals surface area contributed by atoms with E-state index in [0.717, 1.165) is 28.2 Å². The summed E-state index contributed by atoms with van der Waals surface area (Å²) < 4.78 is 52.0. The summed E-state index contributed by atoms with van der Waals surface area (Å²) in [5.41, 5.74) is 4.02. The molecule has 4 N–H and O–H groups in total. The fraction of sp³-hybridized carbons (Fsp3) is 0.378. The molecule has 2 unspecified atom stereocenters. The predicted octanol–water partition coefficient (Wildman–Crippen LogP) is 5.32. The molecule has 3 amide bonds. The Morgan fingerprint density at radius 3 is 2.13 bits per heavy atom. The highest BCUT2D eigenvalue weighted by Crippen LogP contribution is 2.40. The fourth-order valence-electron chi connectivity index (χ4n) is 5.58. The van der Waals surface area contributed by atoms with E-state index in [9.17, 15) is 32.7 Å². The van der Waals surface area contributed by atoms with Gasteiger partial charge in [-0.3, -0.25) is 19.3 Å². The number of nitrogens with zero attached hydrogens (tertiary/aromatic N) is 3. The van der Waals surface area contributed by atoms with Crippen molar-refractivity contribution in [1.29, 1.82) is 5.26 Å². The van der Waals surface area contributed by atoms with Gasteiger partial charge in [0.05, 0.1) is 29.0 Å². The molecule has 0 aromatic heterocycles. The Balaban J connectivity index is 1.33. The summed E-state index contributed by atoms with van der Waals surface area (Å²) in [6, 6.07) is 18.0. The number of anilines is 2. The van der Waals surface area contributed by atoms with Gasteiger partial charge in [0.15, 0.2) is 5.11 Å². The van der Waals surface area contributed by atoms with Crippen LogP contribution >= 0.6 is 12.2 Å². The largest absolute Gasteiger partial charge is 0.491 e. The Morgan fingerprint density at radius 2 is 1.60 bits per heavy atom. The zero-order valence-corrected chi connectivity index (χ0v) is 30.1. The number of carbonyl (C=O) groups is 3. The number of hydrogen-bond acceptors (Lipinski definition) is 8. The summed E-state index contributed by atoms with van der Waals surface area (Å²) in [6.07, 6.45) is -5.46. The Kier molecular flexibility index (Phi) is 12.0. The smallest absolute Gasteiger partial charge is 0.417 e. The standard InChI is InChI=1S/C37H40F3N5O6S/c1-35(2,3)31(32(42)48)43-30(47)21-50-17-16-27(46)20-51-28-14-9-23(10-15-28)22-6-11-25(12-7-22)45-34(52)44(33(49)36(45,4)5)26-13-8-24(19-41)29(18-26)37(38,39)40/h6-15,18,27,31,46H,16-17,20-21H2,1-5H3,(H2,42,48)(H,43,47). The number of alkyl halides is 3. The molecule has 11 nitrogen and oxygen atoms in total. The molecule has 1 aliphatic heterocycles. The van der Waals surface area contributed by atoms with E-state index in [-0.39, 0.29) is 37.0 Å². The Labute approximate surface area is 305 Å². The average Bonchev–Trinajstić information content (AvgIpc) is 3.25. The number of nitrogens with one attached hydrogen (secondary N) is 1. The number of halogens is 3. The van der Waals surface area contributed by atoms with Crippen molar-refractivity contribution in [3.8, 4) is 22.9 Å². The third-order valence-electron chi connectivity index (χ3n) is 8.40. The number of ether oxygens (including phenoxy) is 2. The molecule has 0 radical (unpaired) electrons. The summed E-state index contributed by atoms with van der Waals surface area (Å²) in [4.78, 5) is 39.9. The van der Waals surface area contributed by atoms with Crippen molar-refractivity contribution in [2.45, 2.75) is 64.9 Å². The van der Waals surface area contributed by atoms with E-state index in [1.165, 1.54) is 12.1 Å². The van der Waals surface area contributed by atoms with Crippen LogP contribution in [0.1, 0.15) is 52.2 Å². The first-order valence-electron chi connectivity index (χ1n) is 16.2. The number of hydrogen-bond donors (Lipinski definition) is 3. The molecule has 276 valence electrons. The molecule has 0 saturated carbocycles. The molecule has 15 heteroatoms. The maximum absolute atomic E-state index is 13.7. The minimum atomic E-state index is -4.80. The van der Waals surface area contributed by atoms with Crippen LogP contribution in [0.2, 0.25) is 0 Å². The van der Waals surface area contributed by atoms with Gasteiger partial charge in [-0.05, 0) is 85.1 Å². The molecular formula is C37H40F3N5O6S. The van der Waals surface area contributed by atoms with Gasteiger partial charge in [0.2, 0.25) is 11.8 Å². The summed E-state index contributed by atoms with van der Waals surface area (Å²) in [5, 5.41) is 22.0. The number of aliphatic hydroxyl groups excluding tert-OH is 1. The van der Waals surface area contributed by atoms with E-state index < -0.39 is 58.1 Å². The maximum atomic E-state index is 13.7. The first-order chi connectivity index (χ1) is 24.2. The van der Waals surface area contributed by atoms with Gasteiger partial charge >= 0.3 is 6.18 Å². The van der Waals surface area contributed by atoms with Crippen molar-refractivity contribution >= 4 is 46.4 Å². The van der Waals surface area contributed by atoms with Crippen LogP contribution in [-0.4, -0.2) is 65.4 Å². The Morgan fingerprint density at radius 1 is 1.02 bits per heavy atom. The summed E-state index contributed by atoms with van der Waals surface area (Å²) in [5.74, 6) is -1.14. The molecule has 1 saturated heterocycles. The number of benzene rings is 3. The predicted molar refractivity (Wildman–Crippen MR) is 192 cm³/mol. The number of rotatable bonds is 13. The lowest BCUT2D eigenvalue weighted by Crippen LogP contribution is -2.52. The third-order valence-corrected chi connectivity index (χ3v) is 8.76. The molecule has 1 heterocycles. The quantitative estimate of drug-likeness (QED) is 0.156. The normalized spacial score (nSPS) is 15.6. The first kappa shape index (κ1) is 39.7. The second-order valence-electron chi connectivity index (χ2n) is 13.8. The maximum Gasteiger partial charge on any atom is 0.417 e. The van der Waals surface area contributed by atoms with Gasteiger partial charge in [-0.25, -0.2) is 0 Å². The van der Waals surface area contributed by atoms with Crippen molar-refractivity contribution < 1.29 is 42.1 Å². The van der Waals surface area contributed by atoms with Gasteiger partial charge in [-0.15, -0.1) is 0 Å². The number of thiocarbonyl (C=S) groups is 1. The van der Waals surface area contributed by atoms with Crippen molar-refractivity contribution in [1.82, 2.24) is 5.32 Å². The highest BCUT2D eigenvalue weighted by atomic mass is 32.1. The van der Waals surface area contributed by atoms with Crippen LogP contribution in [0.3, 0.4) is 0 Å². The minimum Gasteiger partial charge on any atom is -0.491 e. The lowest BCUT2D eigenvalue weighted by molar-refractivity contribution is -0.137. The number of aliphatic hydroxyl groups is 1. The average molecular weight is 740 g/mol. The number of nitrogens with two attached hydrogens (primary N) is 1.